The van der Waals surface area contributed by atoms with Crippen molar-refractivity contribution >= 4 is 11.7 Å². The first-order valence-electron chi connectivity index (χ1n) is 6.57. The Hall–Kier alpha value is -2.13. The monoisotopic (exact) mass is 274 g/mol. The van der Waals surface area contributed by atoms with E-state index >= 15 is 0 Å². The van der Waals surface area contributed by atoms with Crippen LogP contribution in [0.3, 0.4) is 0 Å². The molecule has 0 bridgehead atoms. The summed E-state index contributed by atoms with van der Waals surface area (Å²) in [7, 11) is 0. The van der Waals surface area contributed by atoms with Gasteiger partial charge in [-0.15, -0.1) is 0 Å². The lowest BCUT2D eigenvalue weighted by Gasteiger charge is -2.34. The van der Waals surface area contributed by atoms with E-state index in [9.17, 15) is 4.79 Å². The molecule has 0 spiro atoms. The Morgan fingerprint density at radius 1 is 1.55 bits per heavy atom. The van der Waals surface area contributed by atoms with Crippen LogP contribution in [0.5, 0.6) is 0 Å². The fourth-order valence-electron chi connectivity index (χ4n) is 2.27. The molecule has 0 radical (unpaired) electrons. The van der Waals surface area contributed by atoms with Crippen molar-refractivity contribution in [2.24, 2.45) is 11.1 Å². The van der Waals surface area contributed by atoms with Crippen molar-refractivity contribution < 1.29 is 9.53 Å². The third-order valence-electron chi connectivity index (χ3n) is 3.78. The third-order valence-corrected chi connectivity index (χ3v) is 3.78. The first-order chi connectivity index (χ1) is 9.57. The molecule has 3 N–H and O–H groups in total. The topological polar surface area (TPSA) is 101 Å². The summed E-state index contributed by atoms with van der Waals surface area (Å²) in [5.41, 5.74) is 6.15. The second-order valence-electron chi connectivity index (χ2n) is 5.08. The van der Waals surface area contributed by atoms with Gasteiger partial charge in [-0.25, -0.2) is 4.98 Å². The van der Waals surface area contributed by atoms with Crippen LogP contribution in [0.2, 0.25) is 0 Å². The maximum absolute atomic E-state index is 11.7. The van der Waals surface area contributed by atoms with E-state index in [-0.39, 0.29) is 5.91 Å². The zero-order valence-electron chi connectivity index (χ0n) is 11.5. The number of nitrogens with one attached hydrogen (secondary N) is 1. The molecule has 1 aromatic heterocycles. The van der Waals surface area contributed by atoms with E-state index in [1.54, 1.807) is 6.07 Å². The molecule has 0 unspecified atom stereocenters. The Morgan fingerprint density at radius 3 is 2.85 bits per heavy atom. The Balaban J connectivity index is 2.10. The molecule has 20 heavy (non-hydrogen) atoms. The van der Waals surface area contributed by atoms with Gasteiger partial charge in [0.1, 0.15) is 17.6 Å². The molecule has 2 heterocycles. The largest absolute Gasteiger partial charge is 0.381 e. The van der Waals surface area contributed by atoms with E-state index in [0.29, 0.717) is 44.1 Å². The highest BCUT2D eigenvalue weighted by atomic mass is 16.5. The molecule has 0 saturated carbocycles. The highest BCUT2D eigenvalue weighted by Crippen LogP contribution is 2.30. The number of nitrogens with zero attached hydrogens (tertiary/aromatic N) is 2. The Kier molecular flexibility index (Phi) is 4.20. The Morgan fingerprint density at radius 2 is 2.25 bits per heavy atom. The van der Waals surface area contributed by atoms with Gasteiger partial charge in [-0.2, -0.15) is 5.26 Å². The number of anilines is 1. The average molecular weight is 274 g/mol. The van der Waals surface area contributed by atoms with Crippen molar-refractivity contribution in [3.8, 4) is 6.07 Å². The van der Waals surface area contributed by atoms with Crippen molar-refractivity contribution in [1.29, 1.82) is 5.26 Å². The summed E-state index contributed by atoms with van der Waals surface area (Å²) in [5, 5.41) is 12.1. The smallest absolute Gasteiger partial charge is 0.225 e. The molecule has 2 rings (SSSR count). The van der Waals surface area contributed by atoms with Crippen LogP contribution in [-0.4, -0.2) is 30.6 Å². The van der Waals surface area contributed by atoms with Crippen LogP contribution in [-0.2, 0) is 9.53 Å². The minimum atomic E-state index is -0.600. The Labute approximate surface area is 117 Å². The first kappa shape index (κ1) is 14.3. The van der Waals surface area contributed by atoms with Crippen LogP contribution < -0.4 is 11.1 Å². The van der Waals surface area contributed by atoms with E-state index in [4.69, 9.17) is 15.7 Å². The molecule has 1 amide bonds. The lowest BCUT2D eigenvalue weighted by atomic mass is 9.79. The van der Waals surface area contributed by atoms with E-state index in [2.05, 4.69) is 10.3 Å². The zero-order chi connectivity index (χ0) is 14.6. The molecule has 106 valence electrons. The third kappa shape index (κ3) is 2.89. The van der Waals surface area contributed by atoms with Crippen molar-refractivity contribution in [3.63, 3.8) is 0 Å². The second-order valence-corrected chi connectivity index (χ2v) is 5.08. The molecule has 1 saturated heterocycles. The van der Waals surface area contributed by atoms with Gasteiger partial charge < -0.3 is 15.8 Å². The van der Waals surface area contributed by atoms with E-state index in [1.807, 2.05) is 19.1 Å². The summed E-state index contributed by atoms with van der Waals surface area (Å²) in [6.45, 7) is 3.32. The van der Waals surface area contributed by atoms with E-state index < -0.39 is 5.41 Å². The van der Waals surface area contributed by atoms with Gasteiger partial charge in [0.05, 0.1) is 5.41 Å². The molecule has 1 aliphatic rings. The lowest BCUT2D eigenvalue weighted by molar-refractivity contribution is -0.132. The van der Waals surface area contributed by atoms with E-state index in [0.717, 1.165) is 5.56 Å². The number of pyridine rings is 1. The number of amides is 1. The number of hydrogen-bond donors (Lipinski definition) is 2. The first-order valence-corrected chi connectivity index (χ1v) is 6.57. The summed E-state index contributed by atoms with van der Waals surface area (Å²) in [4.78, 5) is 15.9. The highest BCUT2D eigenvalue weighted by molar-refractivity contribution is 5.81. The van der Waals surface area contributed by atoms with Gasteiger partial charge in [0.15, 0.2) is 0 Å². The number of aromatic nitrogens is 1. The normalized spacial score (nSPS) is 17.2. The van der Waals surface area contributed by atoms with Crippen LogP contribution in [0.15, 0.2) is 12.1 Å². The molecule has 6 nitrogen and oxygen atoms in total. The summed E-state index contributed by atoms with van der Waals surface area (Å²) in [6.07, 6.45) is 1.21. The zero-order valence-corrected chi connectivity index (χ0v) is 11.5. The summed E-state index contributed by atoms with van der Waals surface area (Å²) in [5.74, 6) is 0.264. The summed E-state index contributed by atoms with van der Waals surface area (Å²) >= 11 is 0. The predicted molar refractivity (Wildman–Crippen MR) is 73.9 cm³/mol. The standard InChI is InChI=1S/C14H18N4O2/c1-10-2-3-12(18-11(10)8-15)17-9-14(13(16)19)4-6-20-7-5-14/h2-3H,4-7,9H2,1H3,(H2,16,19)(H,17,18). The predicted octanol–water partition coefficient (Wildman–Crippen LogP) is 0.956. The SMILES string of the molecule is Cc1ccc(NCC2(C(N)=O)CCOCC2)nc1C#N. The van der Waals surface area contributed by atoms with Gasteiger partial charge in [0, 0.05) is 19.8 Å². The summed E-state index contributed by atoms with van der Waals surface area (Å²) in [6, 6.07) is 5.67. The molecule has 0 aromatic carbocycles. The fourth-order valence-corrected chi connectivity index (χ4v) is 2.27. The number of nitrogens with two attached hydrogens (primary N) is 1. The van der Waals surface area contributed by atoms with Crippen LogP contribution in [0, 0.1) is 23.7 Å². The molecular formula is C14H18N4O2. The quantitative estimate of drug-likeness (QED) is 0.851. The number of rotatable bonds is 4. The fraction of sp³-hybridized carbons (Fsp3) is 0.500. The van der Waals surface area contributed by atoms with Gasteiger partial charge in [-0.1, -0.05) is 6.07 Å². The van der Waals surface area contributed by atoms with Crippen molar-refractivity contribution in [2.75, 3.05) is 25.1 Å². The van der Waals surface area contributed by atoms with Gasteiger partial charge >= 0.3 is 0 Å². The summed E-state index contributed by atoms with van der Waals surface area (Å²) < 4.78 is 5.28. The minimum absolute atomic E-state index is 0.319. The molecule has 1 aliphatic heterocycles. The second kappa shape index (κ2) is 5.88. The van der Waals surface area contributed by atoms with Gasteiger partial charge in [0.25, 0.3) is 0 Å². The van der Waals surface area contributed by atoms with Crippen molar-refractivity contribution in [1.82, 2.24) is 4.98 Å². The van der Waals surface area contributed by atoms with E-state index in [1.165, 1.54) is 0 Å². The molecule has 1 fully saturated rings. The number of carbonyl (C=O) groups excluding carboxylic acids is 1. The van der Waals surface area contributed by atoms with Gasteiger partial charge in [-0.3, -0.25) is 4.79 Å². The minimum Gasteiger partial charge on any atom is -0.381 e. The molecular weight excluding hydrogens is 256 g/mol. The molecule has 0 aliphatic carbocycles. The Bertz CT molecular complexity index is 545. The van der Waals surface area contributed by atoms with Crippen molar-refractivity contribution in [3.05, 3.63) is 23.4 Å². The maximum Gasteiger partial charge on any atom is 0.225 e. The van der Waals surface area contributed by atoms with Gasteiger partial charge in [-0.05, 0) is 31.4 Å². The number of nitriles is 1. The van der Waals surface area contributed by atoms with Crippen LogP contribution in [0.25, 0.3) is 0 Å². The molecule has 6 heteroatoms. The van der Waals surface area contributed by atoms with Gasteiger partial charge in [0.2, 0.25) is 5.91 Å². The molecule has 0 atom stereocenters. The maximum atomic E-state index is 11.7. The van der Waals surface area contributed by atoms with Crippen molar-refractivity contribution in [2.45, 2.75) is 19.8 Å². The average Bonchev–Trinajstić information content (AvgIpc) is 2.47. The van der Waals surface area contributed by atoms with Crippen LogP contribution in [0.4, 0.5) is 5.82 Å². The number of hydrogen-bond acceptors (Lipinski definition) is 5. The number of carbonyl (C=O) groups is 1. The highest BCUT2D eigenvalue weighted by Gasteiger charge is 2.38. The number of aryl methyl sites for hydroxylation is 1. The number of ether oxygens (including phenoxy) is 1. The lowest BCUT2D eigenvalue weighted by Crippen LogP contribution is -2.46. The van der Waals surface area contributed by atoms with Crippen LogP contribution >= 0.6 is 0 Å². The van der Waals surface area contributed by atoms with Crippen LogP contribution in [0.1, 0.15) is 24.1 Å². The molecule has 1 aromatic rings. The number of primary amides is 1.